The summed E-state index contributed by atoms with van der Waals surface area (Å²) >= 11 is 15.3. The van der Waals surface area contributed by atoms with E-state index in [9.17, 15) is 9.59 Å². The minimum atomic E-state index is -0.183. The van der Waals surface area contributed by atoms with E-state index in [1.165, 1.54) is 4.90 Å². The Morgan fingerprint density at radius 1 is 1.00 bits per heavy atom. The van der Waals surface area contributed by atoms with Gasteiger partial charge >= 0.3 is 0 Å². The number of aromatic nitrogens is 1. The van der Waals surface area contributed by atoms with Crippen LogP contribution in [0.5, 0.6) is 0 Å². The lowest BCUT2D eigenvalue weighted by molar-refractivity contribution is -0.123. The van der Waals surface area contributed by atoms with Gasteiger partial charge < -0.3 is 0 Å². The van der Waals surface area contributed by atoms with Crippen LogP contribution in [0.3, 0.4) is 0 Å². The Labute approximate surface area is 197 Å². The predicted octanol–water partition coefficient (Wildman–Crippen LogP) is 6.21. The van der Waals surface area contributed by atoms with Gasteiger partial charge in [-0.05, 0) is 54.2 Å². The van der Waals surface area contributed by atoms with Crippen LogP contribution in [-0.2, 0) is 15.3 Å². The number of benzene rings is 2. The largest absolute Gasteiger partial charge is 0.274 e. The third-order valence-electron chi connectivity index (χ3n) is 6.43. The number of rotatable bonds is 4. The second-order valence-electron chi connectivity index (χ2n) is 8.18. The number of hydrogen-bond donors (Lipinski definition) is 0. The zero-order chi connectivity index (χ0) is 21.3. The number of imide groups is 1. The zero-order valence-corrected chi connectivity index (χ0v) is 19.3. The van der Waals surface area contributed by atoms with E-state index in [2.05, 4.69) is 17.1 Å². The number of amides is 2. The molecule has 4 nitrogen and oxygen atoms in total. The van der Waals surface area contributed by atoms with Crippen LogP contribution in [-0.4, -0.2) is 16.8 Å². The lowest BCUT2D eigenvalue weighted by Gasteiger charge is -2.17. The molecule has 1 aromatic heterocycles. The van der Waals surface area contributed by atoms with Crippen molar-refractivity contribution < 1.29 is 9.59 Å². The summed E-state index contributed by atoms with van der Waals surface area (Å²) in [6.07, 6.45) is 5.17. The molecule has 2 fully saturated rings. The number of carbonyl (C=O) groups excluding carboxylic acids is 2. The first kappa shape index (κ1) is 19.8. The summed E-state index contributed by atoms with van der Waals surface area (Å²) < 4.78 is 1.89. The van der Waals surface area contributed by atoms with Crippen molar-refractivity contribution in [2.24, 2.45) is 23.7 Å². The molecule has 4 atom stereocenters. The highest BCUT2D eigenvalue weighted by molar-refractivity contribution is 8.00. The lowest BCUT2D eigenvalue weighted by atomic mass is 9.85. The molecule has 2 aliphatic carbocycles. The molecule has 2 bridgehead atoms. The Hall–Kier alpha value is -1.86. The summed E-state index contributed by atoms with van der Waals surface area (Å²) in [6.45, 7) is 0. The molecule has 2 amide bonds. The van der Waals surface area contributed by atoms with Gasteiger partial charge in [0.2, 0.25) is 11.8 Å². The van der Waals surface area contributed by atoms with Crippen molar-refractivity contribution in [1.29, 1.82) is 0 Å². The standard InChI is InChI=1S/C23H16Cl2N2O2S2/c24-15-5-1-11(7-16(15)25)10-30-23-26-17-6-4-14(9-18(17)31-23)27-21(28)19-12-2-3-13(8-12)20(19)22(27)29/h1-7,9,12-13,19-20H,8,10H2/t12-,13-,19-,20-/m0/s1. The van der Waals surface area contributed by atoms with Crippen LogP contribution in [0.1, 0.15) is 12.0 Å². The molecule has 0 unspecified atom stereocenters. The number of carbonyl (C=O) groups is 2. The van der Waals surface area contributed by atoms with Gasteiger partial charge in [-0.15, -0.1) is 11.3 Å². The molecule has 8 heteroatoms. The Kier molecular flexibility index (Phi) is 4.69. The molecule has 0 radical (unpaired) electrons. The highest BCUT2D eigenvalue weighted by Crippen LogP contribution is 2.53. The Morgan fingerprint density at radius 3 is 2.45 bits per heavy atom. The van der Waals surface area contributed by atoms with Gasteiger partial charge in [0.05, 0.1) is 37.8 Å². The first-order valence-electron chi connectivity index (χ1n) is 10.0. The van der Waals surface area contributed by atoms with E-state index in [0.717, 1.165) is 32.3 Å². The van der Waals surface area contributed by atoms with Crippen molar-refractivity contribution in [1.82, 2.24) is 4.98 Å². The van der Waals surface area contributed by atoms with E-state index in [1.54, 1.807) is 29.2 Å². The third kappa shape index (κ3) is 3.15. The van der Waals surface area contributed by atoms with Gasteiger partial charge in [-0.3, -0.25) is 9.59 Å². The van der Waals surface area contributed by atoms with Crippen molar-refractivity contribution in [3.05, 3.63) is 64.2 Å². The van der Waals surface area contributed by atoms with Crippen molar-refractivity contribution >= 4 is 74.0 Å². The molecule has 3 aliphatic rings. The van der Waals surface area contributed by atoms with Crippen molar-refractivity contribution in [2.75, 3.05) is 4.90 Å². The SMILES string of the molecule is O=C1[C@@H]2[C@@H](C(=O)N1c1ccc3nc(SCc4ccc(Cl)c(Cl)c4)sc3c1)[C@H]1C=C[C@H]2C1. The van der Waals surface area contributed by atoms with Crippen LogP contribution in [0.25, 0.3) is 10.2 Å². The zero-order valence-electron chi connectivity index (χ0n) is 16.1. The van der Waals surface area contributed by atoms with E-state index in [1.807, 2.05) is 30.3 Å². The molecule has 2 heterocycles. The molecule has 6 rings (SSSR count). The van der Waals surface area contributed by atoms with Gasteiger partial charge in [-0.2, -0.15) is 0 Å². The number of fused-ring (bicyclic) bond motifs is 6. The van der Waals surface area contributed by atoms with Crippen molar-refractivity contribution in [3.63, 3.8) is 0 Å². The fraction of sp³-hybridized carbons (Fsp3) is 0.261. The number of halogens is 2. The van der Waals surface area contributed by atoms with Gasteiger partial charge in [0.25, 0.3) is 0 Å². The normalized spacial score (nSPS) is 26.5. The molecule has 156 valence electrons. The van der Waals surface area contributed by atoms with Crippen LogP contribution in [0.4, 0.5) is 5.69 Å². The number of thioether (sulfide) groups is 1. The highest BCUT2D eigenvalue weighted by atomic mass is 35.5. The molecule has 31 heavy (non-hydrogen) atoms. The Bertz CT molecular complexity index is 1260. The molecule has 1 aliphatic heterocycles. The molecule has 0 spiro atoms. The number of nitrogens with zero attached hydrogens (tertiary/aromatic N) is 2. The van der Waals surface area contributed by atoms with Crippen LogP contribution < -0.4 is 4.90 Å². The van der Waals surface area contributed by atoms with E-state index in [4.69, 9.17) is 23.2 Å². The molecule has 0 N–H and O–H groups in total. The first-order valence-corrected chi connectivity index (χ1v) is 12.6. The number of thiazole rings is 1. The predicted molar refractivity (Wildman–Crippen MR) is 126 cm³/mol. The first-order chi connectivity index (χ1) is 15.0. The van der Waals surface area contributed by atoms with E-state index in [-0.39, 0.29) is 35.5 Å². The lowest BCUT2D eigenvalue weighted by Crippen LogP contribution is -2.32. The maximum Gasteiger partial charge on any atom is 0.238 e. The van der Waals surface area contributed by atoms with Gasteiger partial charge in [0.15, 0.2) is 4.34 Å². The maximum atomic E-state index is 13.1. The summed E-state index contributed by atoms with van der Waals surface area (Å²) in [5.74, 6) is 0.691. The fourth-order valence-corrected chi connectivity index (χ4v) is 7.39. The summed E-state index contributed by atoms with van der Waals surface area (Å²) in [4.78, 5) is 32.2. The van der Waals surface area contributed by atoms with Gasteiger partial charge in [0, 0.05) is 5.75 Å². The molecule has 1 saturated carbocycles. The summed E-state index contributed by atoms with van der Waals surface area (Å²) in [5, 5.41) is 1.09. The fourth-order valence-electron chi connectivity index (χ4n) is 5.02. The maximum absolute atomic E-state index is 13.1. The second kappa shape index (κ2) is 7.34. The summed E-state index contributed by atoms with van der Waals surface area (Å²) in [6, 6.07) is 11.3. The average molecular weight is 487 g/mol. The van der Waals surface area contributed by atoms with Gasteiger partial charge in [-0.1, -0.05) is 53.2 Å². The van der Waals surface area contributed by atoms with Crippen molar-refractivity contribution in [2.45, 2.75) is 16.5 Å². The van der Waals surface area contributed by atoms with Crippen LogP contribution in [0.15, 0.2) is 52.9 Å². The molecule has 3 aromatic rings. The van der Waals surface area contributed by atoms with E-state index < -0.39 is 0 Å². The summed E-state index contributed by atoms with van der Waals surface area (Å²) in [5.41, 5.74) is 2.59. The quantitative estimate of drug-likeness (QED) is 0.250. The summed E-state index contributed by atoms with van der Waals surface area (Å²) in [7, 11) is 0. The van der Waals surface area contributed by atoms with Crippen LogP contribution in [0, 0.1) is 23.7 Å². The van der Waals surface area contributed by atoms with E-state index >= 15 is 0 Å². The van der Waals surface area contributed by atoms with Crippen LogP contribution in [0.2, 0.25) is 10.0 Å². The van der Waals surface area contributed by atoms with Gasteiger partial charge in [-0.25, -0.2) is 9.88 Å². The molecule has 1 saturated heterocycles. The van der Waals surface area contributed by atoms with Gasteiger partial charge in [0.1, 0.15) is 0 Å². The Balaban J connectivity index is 1.24. The number of anilines is 1. The monoisotopic (exact) mass is 486 g/mol. The average Bonchev–Trinajstić information content (AvgIpc) is 3.51. The minimum Gasteiger partial charge on any atom is -0.274 e. The molecular weight excluding hydrogens is 471 g/mol. The smallest absolute Gasteiger partial charge is 0.238 e. The topological polar surface area (TPSA) is 50.3 Å². The van der Waals surface area contributed by atoms with Crippen molar-refractivity contribution in [3.8, 4) is 0 Å². The minimum absolute atomic E-state index is 0.0510. The van der Waals surface area contributed by atoms with Crippen LogP contribution >= 0.6 is 46.3 Å². The Morgan fingerprint density at radius 2 is 1.74 bits per heavy atom. The third-order valence-corrected chi connectivity index (χ3v) is 9.40. The molecule has 2 aromatic carbocycles. The number of allylic oxidation sites excluding steroid dienone is 2. The van der Waals surface area contributed by atoms with E-state index in [0.29, 0.717) is 15.7 Å². The highest BCUT2D eigenvalue weighted by Gasteiger charge is 2.59. The second-order valence-corrected chi connectivity index (χ2v) is 11.2. The number of hydrogen-bond acceptors (Lipinski definition) is 5. The molecular formula is C23H16Cl2N2O2S2.